The van der Waals surface area contributed by atoms with Crippen molar-refractivity contribution in [3.8, 4) is 0 Å². The summed E-state index contributed by atoms with van der Waals surface area (Å²) in [5.41, 5.74) is 0.919. The van der Waals surface area contributed by atoms with E-state index in [2.05, 4.69) is 19.7 Å². The first kappa shape index (κ1) is 7.15. The summed E-state index contributed by atoms with van der Waals surface area (Å²) < 4.78 is 12.0. The van der Waals surface area contributed by atoms with Crippen LogP contribution in [0.25, 0.3) is 0 Å². The first-order valence-electron chi connectivity index (χ1n) is 2.25. The highest BCUT2D eigenvalue weighted by atomic mass is 19.1. The van der Waals surface area contributed by atoms with Crippen LogP contribution in [0.5, 0.6) is 0 Å². The molecule has 44 valence electrons. The molecule has 0 atom stereocenters. The van der Waals surface area contributed by atoms with Crippen LogP contribution in [0.3, 0.4) is 0 Å². The Bertz CT molecular complexity index is 126. The van der Waals surface area contributed by atoms with E-state index in [1.807, 2.05) is 0 Å². The van der Waals surface area contributed by atoms with Crippen molar-refractivity contribution in [1.29, 1.82) is 0 Å². The van der Waals surface area contributed by atoms with Crippen LogP contribution in [0.1, 0.15) is 6.92 Å². The molecular weight excluding hydrogens is 103 g/mol. The predicted octanol–water partition coefficient (Wildman–Crippen LogP) is 2.60. The van der Waals surface area contributed by atoms with E-state index in [1.165, 1.54) is 0 Å². The van der Waals surface area contributed by atoms with E-state index in [0.29, 0.717) is 11.1 Å². The first-order chi connectivity index (χ1) is 3.55. The van der Waals surface area contributed by atoms with Gasteiger partial charge in [0.25, 0.3) is 0 Å². The van der Waals surface area contributed by atoms with E-state index in [4.69, 9.17) is 0 Å². The fourth-order valence-electron chi connectivity index (χ4n) is 0.232. The Morgan fingerprint density at radius 3 is 1.62 bits per heavy atom. The first-order valence-corrected chi connectivity index (χ1v) is 2.25. The summed E-state index contributed by atoms with van der Waals surface area (Å²) in [6.07, 6.45) is 0. The number of halogens is 1. The summed E-state index contributed by atoms with van der Waals surface area (Å²) in [6, 6.07) is 0. The minimum absolute atomic E-state index is 0.296. The Kier molecular flexibility index (Phi) is 2.19. The van der Waals surface area contributed by atoms with Crippen LogP contribution in [0.2, 0.25) is 0 Å². The van der Waals surface area contributed by atoms with Gasteiger partial charge in [-0.05, 0) is 12.5 Å². The van der Waals surface area contributed by atoms with Gasteiger partial charge in [0.05, 0.1) is 0 Å². The molecule has 0 fully saturated rings. The standard InChI is InChI=1S/C7H9F/c1-5(2)6(3)7(4)8/h1,3-4H2,2H3. The molecule has 1 heteroatoms. The lowest BCUT2D eigenvalue weighted by Crippen LogP contribution is -1.78. The van der Waals surface area contributed by atoms with Crippen LogP contribution in [-0.2, 0) is 0 Å². The smallest absolute Gasteiger partial charge is 0.122 e. The van der Waals surface area contributed by atoms with Gasteiger partial charge >= 0.3 is 0 Å². The van der Waals surface area contributed by atoms with Crippen molar-refractivity contribution in [3.63, 3.8) is 0 Å². The van der Waals surface area contributed by atoms with Crippen molar-refractivity contribution < 1.29 is 4.39 Å². The van der Waals surface area contributed by atoms with E-state index < -0.39 is 5.83 Å². The number of allylic oxidation sites excluding steroid dienone is 3. The van der Waals surface area contributed by atoms with Gasteiger partial charge < -0.3 is 0 Å². The molecular formula is C7H9F. The average molecular weight is 112 g/mol. The highest BCUT2D eigenvalue weighted by Gasteiger charge is 1.95. The van der Waals surface area contributed by atoms with Crippen molar-refractivity contribution in [1.82, 2.24) is 0 Å². The molecule has 0 radical (unpaired) electrons. The van der Waals surface area contributed by atoms with E-state index in [0.717, 1.165) is 0 Å². The van der Waals surface area contributed by atoms with Gasteiger partial charge in [0, 0.05) is 5.57 Å². The van der Waals surface area contributed by atoms with E-state index >= 15 is 0 Å². The summed E-state index contributed by atoms with van der Waals surface area (Å²) in [5, 5.41) is 0. The lowest BCUT2D eigenvalue weighted by Gasteiger charge is -1.96. The predicted molar refractivity (Wildman–Crippen MR) is 34.2 cm³/mol. The van der Waals surface area contributed by atoms with Crippen LogP contribution in [-0.4, -0.2) is 0 Å². The Labute approximate surface area is 49.0 Å². The minimum atomic E-state index is -0.502. The molecule has 0 aliphatic heterocycles. The molecule has 0 unspecified atom stereocenters. The number of hydrogen-bond donors (Lipinski definition) is 0. The second-order valence-electron chi connectivity index (χ2n) is 1.66. The highest BCUT2D eigenvalue weighted by molar-refractivity contribution is 5.36. The van der Waals surface area contributed by atoms with Crippen LogP contribution in [0, 0.1) is 0 Å². The topological polar surface area (TPSA) is 0 Å². The molecule has 0 N–H and O–H groups in total. The Balaban J connectivity index is 4.05. The monoisotopic (exact) mass is 112 g/mol. The summed E-state index contributed by atoms with van der Waals surface area (Å²) in [4.78, 5) is 0. The molecule has 0 nitrogen and oxygen atoms in total. The third-order valence-corrected chi connectivity index (χ3v) is 0.843. The van der Waals surface area contributed by atoms with Crippen LogP contribution in [0.4, 0.5) is 4.39 Å². The second-order valence-corrected chi connectivity index (χ2v) is 1.66. The quantitative estimate of drug-likeness (QED) is 0.481. The van der Waals surface area contributed by atoms with Gasteiger partial charge in [-0.2, -0.15) is 0 Å². The number of rotatable bonds is 2. The Morgan fingerprint density at radius 1 is 1.25 bits per heavy atom. The zero-order valence-corrected chi connectivity index (χ0v) is 5.00. The highest BCUT2D eigenvalue weighted by Crippen LogP contribution is 2.13. The van der Waals surface area contributed by atoms with E-state index in [9.17, 15) is 4.39 Å². The van der Waals surface area contributed by atoms with Crippen LogP contribution in [0.15, 0.2) is 36.7 Å². The summed E-state index contributed by atoms with van der Waals surface area (Å²) in [6.45, 7) is 11.6. The lowest BCUT2D eigenvalue weighted by atomic mass is 10.1. The molecule has 0 aliphatic carbocycles. The summed E-state index contributed by atoms with van der Waals surface area (Å²) in [5.74, 6) is -0.502. The van der Waals surface area contributed by atoms with E-state index in [1.54, 1.807) is 6.92 Å². The van der Waals surface area contributed by atoms with Gasteiger partial charge in [0.1, 0.15) is 5.83 Å². The van der Waals surface area contributed by atoms with Crippen molar-refractivity contribution in [3.05, 3.63) is 36.7 Å². The Morgan fingerprint density at radius 2 is 1.62 bits per heavy atom. The van der Waals surface area contributed by atoms with Gasteiger partial charge in [0.2, 0.25) is 0 Å². The molecule has 0 saturated carbocycles. The maximum atomic E-state index is 12.0. The van der Waals surface area contributed by atoms with Crippen molar-refractivity contribution in [2.45, 2.75) is 6.92 Å². The van der Waals surface area contributed by atoms with Gasteiger partial charge in [-0.25, -0.2) is 4.39 Å². The van der Waals surface area contributed by atoms with Crippen LogP contribution >= 0.6 is 0 Å². The fraction of sp³-hybridized carbons (Fsp3) is 0.143. The minimum Gasteiger partial charge on any atom is -0.207 e. The largest absolute Gasteiger partial charge is 0.207 e. The maximum Gasteiger partial charge on any atom is 0.122 e. The zero-order chi connectivity index (χ0) is 6.73. The van der Waals surface area contributed by atoms with Gasteiger partial charge in [0.15, 0.2) is 0 Å². The van der Waals surface area contributed by atoms with Crippen molar-refractivity contribution in [2.75, 3.05) is 0 Å². The zero-order valence-electron chi connectivity index (χ0n) is 5.00. The van der Waals surface area contributed by atoms with Gasteiger partial charge in [-0.3, -0.25) is 0 Å². The molecule has 0 heterocycles. The third-order valence-electron chi connectivity index (χ3n) is 0.843. The number of hydrogen-bond acceptors (Lipinski definition) is 0. The van der Waals surface area contributed by atoms with Crippen molar-refractivity contribution >= 4 is 0 Å². The lowest BCUT2D eigenvalue weighted by molar-refractivity contribution is 0.659. The molecule has 0 rings (SSSR count). The molecule has 0 aromatic carbocycles. The Hall–Kier alpha value is -0.850. The van der Waals surface area contributed by atoms with E-state index in [-0.39, 0.29) is 0 Å². The molecule has 0 aromatic heterocycles. The fourth-order valence-corrected chi connectivity index (χ4v) is 0.232. The summed E-state index contributed by atoms with van der Waals surface area (Å²) in [7, 11) is 0. The molecule has 8 heavy (non-hydrogen) atoms. The maximum absolute atomic E-state index is 12.0. The average Bonchev–Trinajstić information content (AvgIpc) is 1.64. The van der Waals surface area contributed by atoms with Crippen molar-refractivity contribution in [2.24, 2.45) is 0 Å². The van der Waals surface area contributed by atoms with Gasteiger partial charge in [-0.1, -0.05) is 19.7 Å². The second kappa shape index (κ2) is 2.46. The molecule has 0 aliphatic rings. The SMILES string of the molecule is C=C(C)C(=C)C(=C)F. The third kappa shape index (κ3) is 1.73. The normalized spacial score (nSPS) is 8.25. The summed E-state index contributed by atoms with van der Waals surface area (Å²) >= 11 is 0. The molecule has 0 bridgehead atoms. The molecule has 0 saturated heterocycles. The molecule has 0 aromatic rings. The molecule has 0 amide bonds. The van der Waals surface area contributed by atoms with Crippen LogP contribution < -0.4 is 0 Å². The van der Waals surface area contributed by atoms with Gasteiger partial charge in [-0.15, -0.1) is 0 Å². The molecule has 0 spiro atoms.